The highest BCUT2D eigenvalue weighted by atomic mass is 32.2. The Bertz CT molecular complexity index is 1340. The van der Waals surface area contributed by atoms with Gasteiger partial charge in [0.15, 0.2) is 10.2 Å². The van der Waals surface area contributed by atoms with Gasteiger partial charge in [0.2, 0.25) is 10.0 Å². The van der Waals surface area contributed by atoms with Crippen LogP contribution in [-0.2, 0) is 24.8 Å². The van der Waals surface area contributed by atoms with Crippen LogP contribution in [0.1, 0.15) is 0 Å². The number of hydrogen-bond acceptors (Lipinski definition) is 8. The Morgan fingerprint density at radius 2 is 1.47 bits per heavy atom. The van der Waals surface area contributed by atoms with E-state index in [4.69, 9.17) is 17.0 Å². The highest BCUT2D eigenvalue weighted by molar-refractivity contribution is 7.93. The highest BCUT2D eigenvalue weighted by Crippen LogP contribution is 2.21. The fourth-order valence-corrected chi connectivity index (χ4v) is 6.54. The summed E-state index contributed by atoms with van der Waals surface area (Å²) in [5.41, 5.74) is 1.18. The summed E-state index contributed by atoms with van der Waals surface area (Å²) in [4.78, 5) is 4.20. The average molecular weight is 540 g/mol. The van der Waals surface area contributed by atoms with Gasteiger partial charge in [0, 0.05) is 36.0 Å². The topological polar surface area (TPSA) is 130 Å². The quantitative estimate of drug-likeness (QED) is 0.388. The minimum Gasteiger partial charge on any atom is -0.379 e. The third-order valence-corrected chi connectivity index (χ3v) is 9.09. The van der Waals surface area contributed by atoms with Crippen molar-refractivity contribution in [2.24, 2.45) is 0 Å². The number of sulfonamides is 2. The van der Waals surface area contributed by atoms with Crippen LogP contribution in [0.3, 0.4) is 0 Å². The van der Waals surface area contributed by atoms with Crippen LogP contribution in [0.15, 0.2) is 69.9 Å². The average Bonchev–Trinajstić information content (AvgIpc) is 3.33. The van der Waals surface area contributed by atoms with Crippen molar-refractivity contribution in [1.82, 2.24) is 9.29 Å². The van der Waals surface area contributed by atoms with E-state index in [1.807, 2.05) is 0 Å². The van der Waals surface area contributed by atoms with Gasteiger partial charge in [-0.15, -0.1) is 11.3 Å². The van der Waals surface area contributed by atoms with Crippen molar-refractivity contribution in [3.05, 3.63) is 60.1 Å². The maximum atomic E-state index is 12.7. The van der Waals surface area contributed by atoms with Crippen LogP contribution in [0, 0.1) is 0 Å². The first kappa shape index (κ1) is 24.5. The summed E-state index contributed by atoms with van der Waals surface area (Å²) >= 11 is 6.50. The van der Waals surface area contributed by atoms with Gasteiger partial charge >= 0.3 is 0 Å². The van der Waals surface area contributed by atoms with Crippen LogP contribution in [0.2, 0.25) is 0 Å². The van der Waals surface area contributed by atoms with E-state index in [0.717, 1.165) is 0 Å². The molecule has 0 radical (unpaired) electrons. The van der Waals surface area contributed by atoms with Crippen LogP contribution >= 0.6 is 23.6 Å². The predicted molar refractivity (Wildman–Crippen MR) is 135 cm³/mol. The van der Waals surface area contributed by atoms with Gasteiger partial charge < -0.3 is 15.4 Å². The van der Waals surface area contributed by atoms with Gasteiger partial charge in [-0.25, -0.2) is 21.8 Å². The molecule has 1 aromatic heterocycles. The molecule has 0 atom stereocenters. The Balaban J connectivity index is 1.35. The van der Waals surface area contributed by atoms with Gasteiger partial charge in [-0.05, 0) is 60.7 Å². The first-order chi connectivity index (χ1) is 16.2. The molecule has 0 aliphatic carbocycles. The van der Waals surface area contributed by atoms with Crippen molar-refractivity contribution in [3.63, 3.8) is 0 Å². The normalized spacial score (nSPS) is 14.9. The van der Waals surface area contributed by atoms with Crippen molar-refractivity contribution in [2.45, 2.75) is 9.79 Å². The SMILES string of the molecule is O=S(=O)(Nc1nccs1)c1ccc(NC(=S)Nc2ccc(S(=O)(=O)N3CCOCC3)cc2)cc1. The van der Waals surface area contributed by atoms with Gasteiger partial charge in [-0.1, -0.05) is 0 Å². The Labute approximate surface area is 207 Å². The van der Waals surface area contributed by atoms with Crippen molar-refractivity contribution in [2.75, 3.05) is 41.7 Å². The second kappa shape index (κ2) is 10.3. The van der Waals surface area contributed by atoms with E-state index in [1.165, 1.54) is 46.1 Å². The number of nitrogens with one attached hydrogen (secondary N) is 3. The summed E-state index contributed by atoms with van der Waals surface area (Å²) in [5.74, 6) is 0. The van der Waals surface area contributed by atoms with Gasteiger partial charge in [-0.2, -0.15) is 4.31 Å². The number of benzene rings is 2. The third-order valence-electron chi connectivity index (χ3n) is 4.80. The number of rotatable bonds is 7. The van der Waals surface area contributed by atoms with Crippen LogP contribution in [-0.4, -0.2) is 57.5 Å². The van der Waals surface area contributed by atoms with E-state index in [0.29, 0.717) is 37.7 Å². The van der Waals surface area contributed by atoms with Gasteiger partial charge in [0.25, 0.3) is 10.0 Å². The second-order valence-electron chi connectivity index (χ2n) is 7.09. The predicted octanol–water partition coefficient (Wildman–Crippen LogP) is 2.77. The Hall–Kier alpha value is -2.62. The second-order valence-corrected chi connectivity index (χ2v) is 12.0. The van der Waals surface area contributed by atoms with Crippen LogP contribution < -0.4 is 15.4 Å². The molecule has 0 unspecified atom stereocenters. The van der Waals surface area contributed by atoms with E-state index < -0.39 is 20.0 Å². The Morgan fingerprint density at radius 3 is 2.00 bits per heavy atom. The molecule has 0 saturated carbocycles. The van der Waals surface area contributed by atoms with Crippen LogP contribution in [0.5, 0.6) is 0 Å². The first-order valence-corrected chi connectivity index (χ1v) is 14.2. The molecule has 10 nitrogen and oxygen atoms in total. The summed E-state index contributed by atoms with van der Waals surface area (Å²) in [6.07, 6.45) is 1.51. The van der Waals surface area contributed by atoms with Gasteiger partial charge in [-0.3, -0.25) is 4.72 Å². The molecule has 0 spiro atoms. The molecule has 3 N–H and O–H groups in total. The van der Waals surface area contributed by atoms with Crippen LogP contribution in [0.25, 0.3) is 0 Å². The molecule has 1 aliphatic heterocycles. The molecule has 3 aromatic rings. The van der Waals surface area contributed by atoms with Crippen molar-refractivity contribution in [1.29, 1.82) is 0 Å². The number of anilines is 3. The zero-order valence-corrected chi connectivity index (χ0v) is 20.9. The molecular weight excluding hydrogens is 519 g/mol. The number of thiocarbonyl (C=S) groups is 1. The smallest absolute Gasteiger partial charge is 0.263 e. The molecule has 34 heavy (non-hydrogen) atoms. The summed E-state index contributed by atoms with van der Waals surface area (Å²) in [7, 11) is -7.31. The number of thiazole rings is 1. The fourth-order valence-electron chi connectivity index (χ4n) is 3.10. The third kappa shape index (κ3) is 5.89. The summed E-state index contributed by atoms with van der Waals surface area (Å²) in [6.45, 7) is 1.43. The molecule has 2 heterocycles. The minimum atomic E-state index is -3.74. The van der Waals surface area contributed by atoms with E-state index in [1.54, 1.807) is 29.6 Å². The molecule has 14 heteroatoms. The molecule has 1 aliphatic rings. The van der Waals surface area contributed by atoms with Crippen molar-refractivity contribution in [3.8, 4) is 0 Å². The lowest BCUT2D eigenvalue weighted by Crippen LogP contribution is -2.40. The molecule has 0 amide bonds. The highest BCUT2D eigenvalue weighted by Gasteiger charge is 2.26. The van der Waals surface area contributed by atoms with E-state index in [2.05, 4.69) is 20.3 Å². The van der Waals surface area contributed by atoms with Gasteiger partial charge in [0.1, 0.15) is 0 Å². The summed E-state index contributed by atoms with van der Waals surface area (Å²) in [6, 6.07) is 12.4. The summed E-state index contributed by atoms with van der Waals surface area (Å²) < 4.78 is 59.3. The lowest BCUT2D eigenvalue weighted by Gasteiger charge is -2.26. The number of ether oxygens (including phenoxy) is 1. The fraction of sp³-hybridized carbons (Fsp3) is 0.200. The molecule has 2 aromatic carbocycles. The van der Waals surface area contributed by atoms with E-state index >= 15 is 0 Å². The molecule has 1 saturated heterocycles. The Morgan fingerprint density at radius 1 is 0.912 bits per heavy atom. The number of aromatic nitrogens is 1. The van der Waals surface area contributed by atoms with E-state index in [9.17, 15) is 16.8 Å². The maximum absolute atomic E-state index is 12.7. The number of nitrogens with zero attached hydrogens (tertiary/aromatic N) is 2. The minimum absolute atomic E-state index is 0.0872. The molecule has 1 fully saturated rings. The first-order valence-electron chi connectivity index (χ1n) is 10.0. The largest absolute Gasteiger partial charge is 0.379 e. The zero-order valence-electron chi connectivity index (χ0n) is 17.7. The molecule has 4 rings (SSSR count). The Kier molecular flexibility index (Phi) is 7.45. The monoisotopic (exact) mass is 539 g/mol. The summed E-state index contributed by atoms with van der Waals surface area (Å²) in [5, 5.41) is 8.17. The number of hydrogen-bond donors (Lipinski definition) is 3. The standard InChI is InChI=1S/C20H21N5O5S4/c26-33(27,24-20-21-9-14-32-20)17-5-1-15(2-6-17)22-19(31)23-16-3-7-18(8-4-16)34(28,29)25-10-12-30-13-11-25/h1-9,14H,10-13H2,(H,21,24)(H2,22,23,31). The van der Waals surface area contributed by atoms with Crippen molar-refractivity contribution >= 4 is 65.2 Å². The van der Waals surface area contributed by atoms with E-state index in [-0.39, 0.29) is 20.0 Å². The van der Waals surface area contributed by atoms with Crippen molar-refractivity contribution < 1.29 is 21.6 Å². The number of morpholine rings is 1. The zero-order chi connectivity index (χ0) is 24.2. The lowest BCUT2D eigenvalue weighted by molar-refractivity contribution is 0.0730. The molecule has 0 bridgehead atoms. The van der Waals surface area contributed by atoms with Crippen LogP contribution in [0.4, 0.5) is 16.5 Å². The van der Waals surface area contributed by atoms with Gasteiger partial charge in [0.05, 0.1) is 23.0 Å². The molecule has 180 valence electrons. The lowest BCUT2D eigenvalue weighted by atomic mass is 10.3. The molecular formula is C20H21N5O5S4. The maximum Gasteiger partial charge on any atom is 0.263 e.